The van der Waals surface area contributed by atoms with Gasteiger partial charge in [0.1, 0.15) is 29.4 Å². The number of esters is 1. The highest BCUT2D eigenvalue weighted by Crippen LogP contribution is 2.27. The summed E-state index contributed by atoms with van der Waals surface area (Å²) in [6.07, 6.45) is 1.29. The number of methoxy groups -OCH3 is 1. The number of furan rings is 1. The third kappa shape index (κ3) is 3.34. The van der Waals surface area contributed by atoms with Crippen molar-refractivity contribution >= 4 is 24.1 Å². The average Bonchev–Trinajstić information content (AvgIpc) is 3.19. The number of urea groups is 1. The van der Waals surface area contributed by atoms with Crippen molar-refractivity contribution in [2.45, 2.75) is 0 Å². The van der Waals surface area contributed by atoms with Crippen molar-refractivity contribution in [3.63, 3.8) is 0 Å². The van der Waals surface area contributed by atoms with E-state index in [-0.39, 0.29) is 17.9 Å². The van der Waals surface area contributed by atoms with Gasteiger partial charge in [-0.1, -0.05) is 0 Å². The van der Waals surface area contributed by atoms with Gasteiger partial charge in [-0.3, -0.25) is 10.1 Å². The molecule has 0 aliphatic carbocycles. The molecule has 2 aromatic rings. The maximum atomic E-state index is 11.6. The molecule has 3 rings (SSSR count). The molecule has 0 saturated carbocycles. The number of aromatic hydroxyl groups is 1. The van der Waals surface area contributed by atoms with Gasteiger partial charge in [0.05, 0.1) is 13.3 Å². The highest BCUT2D eigenvalue weighted by molar-refractivity contribution is 6.02. The third-order valence-electron chi connectivity index (χ3n) is 3.41. The van der Waals surface area contributed by atoms with Gasteiger partial charge in [0, 0.05) is 5.56 Å². The minimum Gasteiger partial charge on any atom is -0.507 e. The third-order valence-corrected chi connectivity index (χ3v) is 3.41. The Balaban J connectivity index is 1.81. The van der Waals surface area contributed by atoms with E-state index in [4.69, 9.17) is 4.42 Å². The van der Waals surface area contributed by atoms with Gasteiger partial charge in [0.2, 0.25) is 5.91 Å². The number of phenolic OH excluding ortho intramolecular Hbond substituents is 1. The summed E-state index contributed by atoms with van der Waals surface area (Å²) in [4.78, 5) is 34.1. The molecule has 0 bridgehead atoms. The van der Waals surface area contributed by atoms with Gasteiger partial charge in [-0.05, 0) is 30.3 Å². The molecule has 0 spiro atoms. The Bertz CT molecular complexity index is 886. The Kier molecular flexibility index (Phi) is 4.21. The van der Waals surface area contributed by atoms with E-state index >= 15 is 0 Å². The second-order valence-corrected chi connectivity index (χ2v) is 5.08. The Morgan fingerprint density at radius 3 is 2.84 bits per heavy atom. The summed E-state index contributed by atoms with van der Waals surface area (Å²) in [5.74, 6) is -0.531. The maximum absolute atomic E-state index is 11.6. The smallest absolute Gasteiger partial charge is 0.344 e. The predicted molar refractivity (Wildman–Crippen MR) is 85.0 cm³/mol. The normalized spacial score (nSPS) is 14.2. The van der Waals surface area contributed by atoms with Crippen LogP contribution in [0.5, 0.6) is 5.75 Å². The lowest BCUT2D eigenvalue weighted by Gasteiger charge is -2.04. The largest absolute Gasteiger partial charge is 0.507 e. The number of phenols is 1. The standard InChI is InChI=1S/C16H13N3O6/c1-24-15(22)11-6-9(2-4-12(11)20)13-5-3-10(25-13)7-17-19-8-14(21)18-16(19)23/h2-7,20H,8H2,1H3,(H,18,21,23)/b17-7+. The number of carbonyl (C=O) groups is 3. The summed E-state index contributed by atoms with van der Waals surface area (Å²) in [6, 6.07) is 7.03. The van der Waals surface area contributed by atoms with E-state index in [0.29, 0.717) is 17.1 Å². The van der Waals surface area contributed by atoms with Crippen LogP contribution in [-0.2, 0) is 9.53 Å². The molecule has 0 unspecified atom stereocenters. The van der Waals surface area contributed by atoms with Gasteiger partial charge in [-0.15, -0.1) is 0 Å². The number of nitrogens with zero attached hydrogens (tertiary/aromatic N) is 2. The van der Waals surface area contributed by atoms with Crippen molar-refractivity contribution in [3.05, 3.63) is 41.7 Å². The SMILES string of the molecule is COC(=O)c1cc(-c2ccc(/C=N/N3CC(=O)NC3=O)o2)ccc1O. The lowest BCUT2D eigenvalue weighted by molar-refractivity contribution is -0.118. The molecule has 1 aliphatic heterocycles. The topological polar surface area (TPSA) is 121 Å². The van der Waals surface area contributed by atoms with Gasteiger partial charge in [0.15, 0.2) is 0 Å². The van der Waals surface area contributed by atoms with Crippen LogP contribution < -0.4 is 5.32 Å². The van der Waals surface area contributed by atoms with E-state index in [2.05, 4.69) is 15.2 Å². The van der Waals surface area contributed by atoms with Gasteiger partial charge >= 0.3 is 12.0 Å². The first-order valence-corrected chi connectivity index (χ1v) is 7.15. The number of benzene rings is 1. The molecule has 2 heterocycles. The number of rotatable bonds is 4. The monoisotopic (exact) mass is 343 g/mol. The Morgan fingerprint density at radius 1 is 1.36 bits per heavy atom. The van der Waals surface area contributed by atoms with Gasteiger partial charge in [-0.2, -0.15) is 5.10 Å². The first kappa shape index (κ1) is 16.2. The molecule has 0 atom stereocenters. The summed E-state index contributed by atoms with van der Waals surface area (Å²) in [5.41, 5.74) is 0.561. The van der Waals surface area contributed by atoms with Crippen molar-refractivity contribution in [3.8, 4) is 17.1 Å². The molecule has 1 aromatic carbocycles. The number of hydrogen-bond acceptors (Lipinski definition) is 7. The molecule has 1 aromatic heterocycles. The van der Waals surface area contributed by atoms with Crippen LogP contribution >= 0.6 is 0 Å². The molecule has 1 aliphatic rings. The number of imide groups is 1. The quantitative estimate of drug-likeness (QED) is 0.491. The van der Waals surface area contributed by atoms with Crippen LogP contribution in [0.3, 0.4) is 0 Å². The van der Waals surface area contributed by atoms with E-state index in [9.17, 15) is 19.5 Å². The van der Waals surface area contributed by atoms with E-state index < -0.39 is 17.9 Å². The van der Waals surface area contributed by atoms with Crippen LogP contribution in [0.25, 0.3) is 11.3 Å². The van der Waals surface area contributed by atoms with Crippen LogP contribution in [0.2, 0.25) is 0 Å². The molecule has 0 radical (unpaired) electrons. The lowest BCUT2D eigenvalue weighted by Crippen LogP contribution is -2.24. The van der Waals surface area contributed by atoms with Crippen molar-refractivity contribution in [1.82, 2.24) is 10.3 Å². The van der Waals surface area contributed by atoms with E-state index in [1.807, 2.05) is 0 Å². The molecule has 128 valence electrons. The van der Waals surface area contributed by atoms with Crippen LogP contribution in [0.15, 0.2) is 39.9 Å². The van der Waals surface area contributed by atoms with Crippen molar-refractivity contribution in [2.75, 3.05) is 13.7 Å². The fourth-order valence-corrected chi connectivity index (χ4v) is 2.19. The molecule has 25 heavy (non-hydrogen) atoms. The zero-order valence-corrected chi connectivity index (χ0v) is 13.1. The first-order chi connectivity index (χ1) is 12.0. The minimum atomic E-state index is -0.669. The van der Waals surface area contributed by atoms with Crippen LogP contribution in [0, 0.1) is 0 Å². The van der Waals surface area contributed by atoms with Crippen molar-refractivity contribution in [1.29, 1.82) is 0 Å². The summed E-state index contributed by atoms with van der Waals surface area (Å²) in [7, 11) is 1.22. The molecule has 3 amide bonds. The second-order valence-electron chi connectivity index (χ2n) is 5.08. The van der Waals surface area contributed by atoms with Crippen molar-refractivity contribution < 1.29 is 28.6 Å². The van der Waals surface area contributed by atoms with Gasteiger partial charge < -0.3 is 14.3 Å². The second kappa shape index (κ2) is 6.48. The zero-order chi connectivity index (χ0) is 18.0. The number of hydrogen-bond donors (Lipinski definition) is 2. The van der Waals surface area contributed by atoms with Crippen LogP contribution in [0.4, 0.5) is 4.79 Å². The minimum absolute atomic E-state index is 0.0128. The van der Waals surface area contributed by atoms with E-state index in [1.54, 1.807) is 18.2 Å². The zero-order valence-electron chi connectivity index (χ0n) is 13.1. The van der Waals surface area contributed by atoms with Gasteiger partial charge in [0.25, 0.3) is 0 Å². The number of hydrazone groups is 1. The highest BCUT2D eigenvalue weighted by Gasteiger charge is 2.26. The summed E-state index contributed by atoms with van der Waals surface area (Å²) in [5, 5.41) is 16.7. The molecule has 1 fully saturated rings. The van der Waals surface area contributed by atoms with E-state index in [1.165, 1.54) is 25.5 Å². The summed E-state index contributed by atoms with van der Waals surface area (Å²) < 4.78 is 10.2. The Morgan fingerprint density at radius 2 is 2.16 bits per heavy atom. The van der Waals surface area contributed by atoms with Crippen LogP contribution in [0.1, 0.15) is 16.1 Å². The van der Waals surface area contributed by atoms with Crippen LogP contribution in [-0.4, -0.2) is 47.9 Å². The summed E-state index contributed by atoms with van der Waals surface area (Å²) >= 11 is 0. The molecule has 1 saturated heterocycles. The first-order valence-electron chi connectivity index (χ1n) is 7.15. The number of nitrogens with one attached hydrogen (secondary N) is 1. The molecular formula is C16H13N3O6. The Labute approximate surface area is 141 Å². The molecule has 2 N–H and O–H groups in total. The summed E-state index contributed by atoms with van der Waals surface area (Å²) in [6.45, 7) is -0.149. The predicted octanol–water partition coefficient (Wildman–Crippen LogP) is 1.32. The van der Waals surface area contributed by atoms with Crippen molar-refractivity contribution in [2.24, 2.45) is 5.10 Å². The fourth-order valence-electron chi connectivity index (χ4n) is 2.19. The maximum Gasteiger partial charge on any atom is 0.344 e. The average molecular weight is 343 g/mol. The fraction of sp³-hybridized carbons (Fsp3) is 0.125. The molecular weight excluding hydrogens is 330 g/mol. The van der Waals surface area contributed by atoms with Gasteiger partial charge in [-0.25, -0.2) is 14.6 Å². The van der Waals surface area contributed by atoms with E-state index in [0.717, 1.165) is 5.01 Å². The number of ether oxygens (including phenoxy) is 1. The number of carbonyl (C=O) groups excluding carboxylic acids is 3. The molecule has 9 nitrogen and oxygen atoms in total. The molecule has 9 heteroatoms. The highest BCUT2D eigenvalue weighted by atomic mass is 16.5. The number of amides is 3. The lowest BCUT2D eigenvalue weighted by atomic mass is 10.1. The Hall–Kier alpha value is -3.62.